The summed E-state index contributed by atoms with van der Waals surface area (Å²) in [5.74, 6) is -1.97. The minimum Gasteiger partial charge on any atom is -0.507 e. The maximum Gasteiger partial charge on any atom is 0.300 e. The van der Waals surface area contributed by atoms with Crippen molar-refractivity contribution in [1.29, 1.82) is 0 Å². The minimum atomic E-state index is -3.93. The molecule has 1 unspecified atom stereocenters. The molecule has 1 saturated heterocycles. The number of Topliss-reactive ketones (excluding diaryl/α,β-unsaturated/α-hetero) is 1. The van der Waals surface area contributed by atoms with Crippen LogP contribution in [0.5, 0.6) is 0 Å². The molecule has 1 fully saturated rings. The van der Waals surface area contributed by atoms with Gasteiger partial charge in [0.05, 0.1) is 16.5 Å². The number of aliphatic hydroxyl groups excluding tert-OH is 1. The van der Waals surface area contributed by atoms with E-state index in [9.17, 15) is 23.1 Å². The van der Waals surface area contributed by atoms with Gasteiger partial charge in [-0.2, -0.15) is 0 Å². The van der Waals surface area contributed by atoms with Crippen molar-refractivity contribution >= 4 is 44.1 Å². The van der Waals surface area contributed by atoms with Crippen LogP contribution >= 0.6 is 0 Å². The van der Waals surface area contributed by atoms with Crippen molar-refractivity contribution in [1.82, 2.24) is 4.98 Å². The monoisotopic (exact) mass is 473 g/mol. The molecular weight excluding hydrogens is 454 g/mol. The number of amides is 1. The van der Waals surface area contributed by atoms with Crippen LogP contribution in [-0.2, 0) is 19.6 Å². The highest BCUT2D eigenvalue weighted by molar-refractivity contribution is 7.89. The average molecular weight is 474 g/mol. The second kappa shape index (κ2) is 7.98. The van der Waals surface area contributed by atoms with Gasteiger partial charge in [-0.3, -0.25) is 14.5 Å². The molecule has 4 N–H and O–H groups in total. The van der Waals surface area contributed by atoms with Crippen LogP contribution < -0.4 is 10.0 Å². The van der Waals surface area contributed by atoms with E-state index in [4.69, 9.17) is 5.14 Å². The Bertz CT molecular complexity index is 1570. The van der Waals surface area contributed by atoms with E-state index in [1.807, 2.05) is 18.2 Å². The smallest absolute Gasteiger partial charge is 0.300 e. The molecule has 2 heterocycles. The molecule has 34 heavy (non-hydrogen) atoms. The number of anilines is 1. The van der Waals surface area contributed by atoms with Crippen molar-refractivity contribution in [3.63, 3.8) is 0 Å². The number of carbonyl (C=O) groups is 2. The highest BCUT2D eigenvalue weighted by Gasteiger charge is 2.47. The van der Waals surface area contributed by atoms with Crippen LogP contribution in [0.1, 0.15) is 17.2 Å². The number of aromatic nitrogens is 1. The Morgan fingerprint density at radius 3 is 2.24 bits per heavy atom. The first-order chi connectivity index (χ1) is 16.3. The van der Waals surface area contributed by atoms with E-state index in [2.05, 4.69) is 4.98 Å². The zero-order valence-corrected chi connectivity index (χ0v) is 18.5. The van der Waals surface area contributed by atoms with Gasteiger partial charge in [-0.15, -0.1) is 0 Å². The van der Waals surface area contributed by atoms with Gasteiger partial charge >= 0.3 is 0 Å². The van der Waals surface area contributed by atoms with E-state index in [1.54, 1.807) is 42.6 Å². The summed E-state index contributed by atoms with van der Waals surface area (Å²) in [5, 5.41) is 17.2. The van der Waals surface area contributed by atoms with Crippen molar-refractivity contribution in [3.05, 3.63) is 102 Å². The van der Waals surface area contributed by atoms with Crippen LogP contribution in [0.15, 0.2) is 95.5 Å². The second-order valence-electron chi connectivity index (χ2n) is 7.87. The number of para-hydroxylation sites is 1. The minimum absolute atomic E-state index is 0.0588. The lowest BCUT2D eigenvalue weighted by Gasteiger charge is -2.25. The number of sulfonamides is 1. The second-order valence-corrected chi connectivity index (χ2v) is 9.43. The zero-order valence-electron chi connectivity index (χ0n) is 17.7. The molecule has 9 heteroatoms. The fourth-order valence-electron chi connectivity index (χ4n) is 4.26. The van der Waals surface area contributed by atoms with E-state index >= 15 is 0 Å². The van der Waals surface area contributed by atoms with Gasteiger partial charge in [0.25, 0.3) is 11.7 Å². The first kappa shape index (κ1) is 21.6. The van der Waals surface area contributed by atoms with Gasteiger partial charge in [0.2, 0.25) is 10.0 Å². The molecule has 1 atom stereocenters. The molecule has 0 saturated carbocycles. The van der Waals surface area contributed by atoms with Crippen molar-refractivity contribution in [3.8, 4) is 0 Å². The van der Waals surface area contributed by atoms with Crippen LogP contribution in [0.4, 0.5) is 5.69 Å². The Kier molecular flexibility index (Phi) is 5.07. The van der Waals surface area contributed by atoms with Crippen LogP contribution in [0, 0.1) is 0 Å². The third-order valence-corrected chi connectivity index (χ3v) is 6.78. The van der Waals surface area contributed by atoms with Gasteiger partial charge in [0.1, 0.15) is 5.76 Å². The van der Waals surface area contributed by atoms with Crippen LogP contribution in [0.3, 0.4) is 0 Å². The lowest BCUT2D eigenvalue weighted by Crippen LogP contribution is -2.29. The summed E-state index contributed by atoms with van der Waals surface area (Å²) < 4.78 is 23.3. The summed E-state index contributed by atoms with van der Waals surface area (Å²) >= 11 is 0. The van der Waals surface area contributed by atoms with Gasteiger partial charge in [0.15, 0.2) is 0 Å². The summed E-state index contributed by atoms with van der Waals surface area (Å²) in [6.07, 6.45) is 1.59. The number of hydrogen-bond acceptors (Lipinski definition) is 5. The van der Waals surface area contributed by atoms with Crippen LogP contribution in [0.2, 0.25) is 0 Å². The number of nitrogens with zero attached hydrogens (tertiary/aromatic N) is 1. The Labute approximate surface area is 195 Å². The highest BCUT2D eigenvalue weighted by atomic mass is 32.2. The third kappa shape index (κ3) is 3.47. The molecule has 0 spiro atoms. The van der Waals surface area contributed by atoms with Crippen molar-refractivity contribution in [2.24, 2.45) is 5.14 Å². The first-order valence-corrected chi connectivity index (χ1v) is 11.9. The number of fused-ring (bicyclic) bond motifs is 1. The summed E-state index contributed by atoms with van der Waals surface area (Å²) in [7, 11) is -3.93. The number of aliphatic hydroxyl groups is 1. The number of nitrogens with one attached hydrogen (secondary N) is 1. The van der Waals surface area contributed by atoms with E-state index in [-0.39, 0.29) is 16.2 Å². The predicted molar refractivity (Wildman–Crippen MR) is 127 cm³/mol. The number of benzene rings is 3. The number of carbonyl (C=O) groups excluding carboxylic acids is 2. The molecule has 3 aromatic carbocycles. The fraction of sp³-hybridized carbons (Fsp3) is 0.0400. The Morgan fingerprint density at radius 1 is 0.912 bits per heavy atom. The number of H-pyrrole nitrogens is 1. The topological polar surface area (TPSA) is 134 Å². The quantitative estimate of drug-likeness (QED) is 0.237. The van der Waals surface area contributed by atoms with Gasteiger partial charge in [-0.25, -0.2) is 13.6 Å². The summed E-state index contributed by atoms with van der Waals surface area (Å²) in [5.41, 5.74) is 2.02. The van der Waals surface area contributed by atoms with Gasteiger partial charge < -0.3 is 10.1 Å². The van der Waals surface area contributed by atoms with Crippen molar-refractivity contribution in [2.45, 2.75) is 10.9 Å². The maximum absolute atomic E-state index is 13.2. The lowest BCUT2D eigenvalue weighted by atomic mass is 9.95. The molecule has 170 valence electrons. The molecule has 0 aliphatic carbocycles. The van der Waals surface area contributed by atoms with Crippen LogP contribution in [0.25, 0.3) is 16.7 Å². The maximum atomic E-state index is 13.2. The van der Waals surface area contributed by atoms with E-state index in [1.165, 1.54) is 29.2 Å². The van der Waals surface area contributed by atoms with E-state index in [0.29, 0.717) is 22.2 Å². The standard InChI is InChI=1S/C25H19N3O5S/c26-34(32,33)17-12-10-16(11-13-17)28-22(15-6-2-1-3-7-15)21(24(30)25(28)31)23(29)19-14-27-20-9-5-4-8-18(19)20/h1-14,22,27,29H,(H2,26,32,33)/b23-21-. The van der Waals surface area contributed by atoms with E-state index < -0.39 is 27.8 Å². The molecule has 0 radical (unpaired) electrons. The molecule has 1 aliphatic rings. The van der Waals surface area contributed by atoms with Gasteiger partial charge in [-0.05, 0) is 35.9 Å². The van der Waals surface area contributed by atoms with Crippen molar-refractivity contribution in [2.75, 3.05) is 4.90 Å². The van der Waals surface area contributed by atoms with Crippen molar-refractivity contribution < 1.29 is 23.1 Å². The SMILES string of the molecule is NS(=O)(=O)c1ccc(N2C(=O)C(=O)/C(=C(\O)c3c[nH]c4ccccc34)C2c2ccccc2)cc1. The molecule has 5 rings (SSSR count). The third-order valence-electron chi connectivity index (χ3n) is 5.85. The van der Waals surface area contributed by atoms with Crippen LogP contribution in [-0.4, -0.2) is 30.2 Å². The zero-order chi connectivity index (χ0) is 24.0. The summed E-state index contributed by atoms with van der Waals surface area (Å²) in [4.78, 5) is 30.6. The normalized spacial score (nSPS) is 18.0. The largest absolute Gasteiger partial charge is 0.507 e. The lowest BCUT2D eigenvalue weighted by molar-refractivity contribution is -0.132. The summed E-state index contributed by atoms with van der Waals surface area (Å²) in [6, 6.07) is 20.6. The number of nitrogens with two attached hydrogens (primary N) is 1. The molecule has 1 aromatic heterocycles. The molecule has 0 bridgehead atoms. The van der Waals surface area contributed by atoms with E-state index in [0.717, 1.165) is 5.52 Å². The fourth-order valence-corrected chi connectivity index (χ4v) is 4.77. The Hall–Kier alpha value is -4.21. The van der Waals surface area contributed by atoms with Gasteiger partial charge in [0, 0.05) is 28.4 Å². The highest BCUT2D eigenvalue weighted by Crippen LogP contribution is 2.43. The number of aromatic amines is 1. The molecule has 1 amide bonds. The average Bonchev–Trinajstić information content (AvgIpc) is 3.38. The Morgan fingerprint density at radius 2 is 1.56 bits per heavy atom. The molecule has 1 aliphatic heterocycles. The predicted octanol–water partition coefficient (Wildman–Crippen LogP) is 3.44. The number of hydrogen-bond donors (Lipinski definition) is 3. The molecule has 8 nitrogen and oxygen atoms in total. The number of rotatable bonds is 4. The summed E-state index contributed by atoms with van der Waals surface area (Å²) in [6.45, 7) is 0. The Balaban J connectivity index is 1.72. The number of ketones is 1. The number of primary sulfonamides is 1. The first-order valence-electron chi connectivity index (χ1n) is 10.3. The molecule has 4 aromatic rings. The van der Waals surface area contributed by atoms with Gasteiger partial charge in [-0.1, -0.05) is 48.5 Å². The molecular formula is C25H19N3O5S.